The van der Waals surface area contributed by atoms with Crippen LogP contribution in [-0.4, -0.2) is 26.2 Å². The van der Waals surface area contributed by atoms with E-state index in [-0.39, 0.29) is 16.7 Å². The van der Waals surface area contributed by atoms with E-state index in [0.717, 1.165) is 19.5 Å². The minimum absolute atomic E-state index is 0.103. The molecule has 0 aliphatic carbocycles. The summed E-state index contributed by atoms with van der Waals surface area (Å²) in [6.07, 6.45) is 0.990. The molecular weight excluding hydrogens is 247 g/mol. The molecule has 0 saturated carbocycles. The van der Waals surface area contributed by atoms with Gasteiger partial charge in [-0.25, -0.2) is 9.18 Å². The fraction of sp³-hybridized carbons (Fsp3) is 0.500. The Bertz CT molecular complexity index is 514. The van der Waals surface area contributed by atoms with Crippen molar-refractivity contribution in [1.29, 1.82) is 0 Å². The van der Waals surface area contributed by atoms with E-state index in [1.807, 2.05) is 4.90 Å². The smallest absolute Gasteiger partial charge is 0.340 e. The summed E-state index contributed by atoms with van der Waals surface area (Å²) in [5.41, 5.74) is 6.54. The van der Waals surface area contributed by atoms with Crippen LogP contribution in [0.15, 0.2) is 12.1 Å². The van der Waals surface area contributed by atoms with Gasteiger partial charge in [0.05, 0.1) is 18.4 Å². The van der Waals surface area contributed by atoms with E-state index < -0.39 is 11.8 Å². The average Bonchev–Trinajstić information content (AvgIpc) is 2.68. The van der Waals surface area contributed by atoms with Crippen molar-refractivity contribution in [1.82, 2.24) is 0 Å². The van der Waals surface area contributed by atoms with Crippen molar-refractivity contribution in [3.05, 3.63) is 23.5 Å². The number of benzene rings is 1. The zero-order chi connectivity index (χ0) is 14.2. The van der Waals surface area contributed by atoms with Gasteiger partial charge in [0, 0.05) is 18.8 Å². The van der Waals surface area contributed by atoms with Crippen LogP contribution in [-0.2, 0) is 4.74 Å². The molecule has 104 valence electrons. The number of esters is 1. The van der Waals surface area contributed by atoms with Gasteiger partial charge in [-0.1, -0.05) is 13.8 Å². The lowest BCUT2D eigenvalue weighted by Gasteiger charge is -2.23. The predicted molar refractivity (Wildman–Crippen MR) is 72.8 cm³/mol. The van der Waals surface area contributed by atoms with Gasteiger partial charge >= 0.3 is 5.97 Å². The molecule has 0 unspecified atom stereocenters. The van der Waals surface area contributed by atoms with Crippen LogP contribution in [0.1, 0.15) is 30.6 Å². The lowest BCUT2D eigenvalue weighted by atomic mass is 9.93. The van der Waals surface area contributed by atoms with E-state index in [1.54, 1.807) is 0 Å². The fourth-order valence-electron chi connectivity index (χ4n) is 2.42. The van der Waals surface area contributed by atoms with Gasteiger partial charge in [0.2, 0.25) is 0 Å². The first-order valence-corrected chi connectivity index (χ1v) is 6.26. The number of anilines is 2. The molecule has 0 atom stereocenters. The highest BCUT2D eigenvalue weighted by molar-refractivity contribution is 5.96. The number of methoxy groups -OCH3 is 1. The Kier molecular flexibility index (Phi) is 3.39. The monoisotopic (exact) mass is 266 g/mol. The average molecular weight is 266 g/mol. The molecule has 1 saturated heterocycles. The van der Waals surface area contributed by atoms with Crippen molar-refractivity contribution in [3.63, 3.8) is 0 Å². The van der Waals surface area contributed by atoms with Crippen molar-refractivity contribution in [2.45, 2.75) is 20.3 Å². The number of nitrogen functional groups attached to an aromatic ring is 1. The second-order valence-electron chi connectivity index (χ2n) is 5.72. The molecular formula is C14H19FN2O2. The van der Waals surface area contributed by atoms with Gasteiger partial charge in [-0.2, -0.15) is 0 Å². The van der Waals surface area contributed by atoms with Crippen molar-refractivity contribution < 1.29 is 13.9 Å². The van der Waals surface area contributed by atoms with Gasteiger partial charge in [-0.3, -0.25) is 0 Å². The SMILES string of the molecule is COC(=O)c1cc(N2CCC(C)(C)C2)c(F)cc1N. The highest BCUT2D eigenvalue weighted by Gasteiger charge is 2.31. The summed E-state index contributed by atoms with van der Waals surface area (Å²) in [5, 5.41) is 0. The lowest BCUT2D eigenvalue weighted by molar-refractivity contribution is 0.0602. The molecule has 0 amide bonds. The van der Waals surface area contributed by atoms with Crippen molar-refractivity contribution in [3.8, 4) is 0 Å². The van der Waals surface area contributed by atoms with E-state index in [1.165, 1.54) is 19.2 Å². The highest BCUT2D eigenvalue weighted by Crippen LogP contribution is 2.35. The first-order chi connectivity index (χ1) is 8.84. The second-order valence-corrected chi connectivity index (χ2v) is 5.72. The number of ether oxygens (including phenoxy) is 1. The van der Waals surface area contributed by atoms with Gasteiger partial charge in [0.1, 0.15) is 5.82 Å². The summed E-state index contributed by atoms with van der Waals surface area (Å²) in [4.78, 5) is 13.5. The van der Waals surface area contributed by atoms with Gasteiger partial charge in [-0.15, -0.1) is 0 Å². The molecule has 0 spiro atoms. The maximum atomic E-state index is 14.0. The maximum absolute atomic E-state index is 14.0. The Morgan fingerprint density at radius 3 is 2.68 bits per heavy atom. The topological polar surface area (TPSA) is 55.6 Å². The summed E-state index contributed by atoms with van der Waals surface area (Å²) in [6, 6.07) is 2.67. The zero-order valence-electron chi connectivity index (χ0n) is 11.5. The van der Waals surface area contributed by atoms with E-state index >= 15 is 0 Å². The normalized spacial score (nSPS) is 17.6. The molecule has 5 heteroatoms. The molecule has 4 nitrogen and oxygen atoms in total. The number of carbonyl (C=O) groups excluding carboxylic acids is 1. The van der Waals surface area contributed by atoms with Crippen LogP contribution in [0.3, 0.4) is 0 Å². The van der Waals surface area contributed by atoms with Crippen LogP contribution >= 0.6 is 0 Å². The number of rotatable bonds is 2. The molecule has 1 heterocycles. The third kappa shape index (κ3) is 2.64. The molecule has 1 fully saturated rings. The van der Waals surface area contributed by atoms with Gasteiger partial charge < -0.3 is 15.4 Å². The summed E-state index contributed by atoms with van der Waals surface area (Å²) in [6.45, 7) is 5.82. The van der Waals surface area contributed by atoms with Crippen LogP contribution in [0.2, 0.25) is 0 Å². The molecule has 1 aromatic carbocycles. The summed E-state index contributed by atoms with van der Waals surface area (Å²) in [7, 11) is 1.28. The van der Waals surface area contributed by atoms with Crippen molar-refractivity contribution in [2.75, 3.05) is 30.8 Å². The van der Waals surface area contributed by atoms with Crippen LogP contribution in [0.25, 0.3) is 0 Å². The lowest BCUT2D eigenvalue weighted by Crippen LogP contribution is -2.24. The summed E-state index contributed by atoms with van der Waals surface area (Å²) < 4.78 is 18.7. The maximum Gasteiger partial charge on any atom is 0.340 e. The number of carbonyl (C=O) groups is 1. The zero-order valence-corrected chi connectivity index (χ0v) is 11.5. The van der Waals surface area contributed by atoms with Crippen LogP contribution < -0.4 is 10.6 Å². The van der Waals surface area contributed by atoms with Crippen molar-refractivity contribution >= 4 is 17.3 Å². The van der Waals surface area contributed by atoms with E-state index in [9.17, 15) is 9.18 Å². The molecule has 19 heavy (non-hydrogen) atoms. The summed E-state index contributed by atoms with van der Waals surface area (Å²) >= 11 is 0. The second kappa shape index (κ2) is 4.72. The highest BCUT2D eigenvalue weighted by atomic mass is 19.1. The van der Waals surface area contributed by atoms with Gasteiger partial charge in [-0.05, 0) is 24.0 Å². The minimum atomic E-state index is -0.544. The molecule has 1 aromatic rings. The third-order valence-corrected chi connectivity index (χ3v) is 3.54. The Morgan fingerprint density at radius 2 is 2.16 bits per heavy atom. The van der Waals surface area contributed by atoms with E-state index in [4.69, 9.17) is 5.73 Å². The number of hydrogen-bond donors (Lipinski definition) is 1. The molecule has 1 aliphatic rings. The van der Waals surface area contributed by atoms with Crippen LogP contribution in [0.4, 0.5) is 15.8 Å². The Balaban J connectivity index is 2.38. The van der Waals surface area contributed by atoms with E-state index in [2.05, 4.69) is 18.6 Å². The molecule has 0 radical (unpaired) electrons. The number of hydrogen-bond acceptors (Lipinski definition) is 4. The standard InChI is InChI=1S/C14H19FN2O2/c1-14(2)4-5-17(8-14)12-6-9(13(18)19-3)11(16)7-10(12)15/h6-7H,4-5,8,16H2,1-3H3. The summed E-state index contributed by atoms with van der Waals surface area (Å²) in [5.74, 6) is -0.944. The van der Waals surface area contributed by atoms with Crippen LogP contribution in [0.5, 0.6) is 0 Å². The first kappa shape index (κ1) is 13.6. The Morgan fingerprint density at radius 1 is 1.47 bits per heavy atom. The Labute approximate surface area is 112 Å². The quantitative estimate of drug-likeness (QED) is 0.660. The third-order valence-electron chi connectivity index (χ3n) is 3.54. The van der Waals surface area contributed by atoms with E-state index in [0.29, 0.717) is 5.69 Å². The molecule has 2 rings (SSSR count). The van der Waals surface area contributed by atoms with Gasteiger partial charge in [0.15, 0.2) is 0 Å². The first-order valence-electron chi connectivity index (χ1n) is 6.26. The molecule has 2 N–H and O–H groups in total. The van der Waals surface area contributed by atoms with Gasteiger partial charge in [0.25, 0.3) is 0 Å². The fourth-order valence-corrected chi connectivity index (χ4v) is 2.42. The number of nitrogens with two attached hydrogens (primary N) is 1. The molecule has 0 aromatic heterocycles. The molecule has 1 aliphatic heterocycles. The largest absolute Gasteiger partial charge is 0.465 e. The number of nitrogens with zero attached hydrogens (tertiary/aromatic N) is 1. The number of halogens is 1. The van der Waals surface area contributed by atoms with Crippen LogP contribution in [0, 0.1) is 11.2 Å². The van der Waals surface area contributed by atoms with Crippen molar-refractivity contribution in [2.24, 2.45) is 5.41 Å². The predicted octanol–water partition coefficient (Wildman–Crippen LogP) is 2.43. The Hall–Kier alpha value is -1.78. The minimum Gasteiger partial charge on any atom is -0.465 e. The molecule has 0 bridgehead atoms.